The van der Waals surface area contributed by atoms with Crippen molar-refractivity contribution in [3.8, 4) is 0 Å². The van der Waals surface area contributed by atoms with Crippen LogP contribution in [0.2, 0.25) is 5.02 Å². The first kappa shape index (κ1) is 16.5. The predicted octanol–water partition coefficient (Wildman–Crippen LogP) is 4.86. The summed E-state index contributed by atoms with van der Waals surface area (Å²) < 4.78 is 14.3. The molecule has 0 saturated carbocycles. The van der Waals surface area contributed by atoms with Crippen LogP contribution in [0.3, 0.4) is 0 Å². The van der Waals surface area contributed by atoms with Crippen LogP contribution < -0.4 is 5.32 Å². The summed E-state index contributed by atoms with van der Waals surface area (Å²) in [5.74, 6) is 0.0798. The molecule has 2 rings (SSSR count). The normalized spacial score (nSPS) is 12.4. The fraction of sp³-hybridized carbons (Fsp3) is 0.294. The zero-order chi connectivity index (χ0) is 15.2. The van der Waals surface area contributed by atoms with Crippen molar-refractivity contribution in [2.24, 2.45) is 5.92 Å². The monoisotopic (exact) mass is 369 g/mol. The molecule has 2 aromatic carbocycles. The maximum atomic E-state index is 13.2. The molecule has 0 heterocycles. The number of benzene rings is 2. The molecule has 1 nitrogen and oxygen atoms in total. The van der Waals surface area contributed by atoms with Crippen LogP contribution in [0.25, 0.3) is 0 Å². The Hall–Kier alpha value is -0.900. The van der Waals surface area contributed by atoms with Gasteiger partial charge in [-0.15, -0.1) is 0 Å². The van der Waals surface area contributed by atoms with Gasteiger partial charge in [-0.25, -0.2) is 4.39 Å². The maximum Gasteiger partial charge on any atom is 0.141 e. The van der Waals surface area contributed by atoms with E-state index in [9.17, 15) is 4.39 Å². The second-order valence-corrected chi connectivity index (χ2v) is 6.53. The Balaban J connectivity index is 2.07. The Labute approximate surface area is 138 Å². The predicted molar refractivity (Wildman–Crippen MR) is 90.4 cm³/mol. The molecule has 0 amide bonds. The third-order valence-electron chi connectivity index (χ3n) is 3.44. The molecule has 0 aliphatic heterocycles. The Kier molecular flexibility index (Phi) is 6.22. The second-order valence-electron chi connectivity index (χ2n) is 5.21. The summed E-state index contributed by atoms with van der Waals surface area (Å²) >= 11 is 9.30. The van der Waals surface area contributed by atoms with Gasteiger partial charge in [0.05, 0.1) is 5.02 Å². The number of nitrogens with one attached hydrogen (secondary N) is 1. The molecule has 4 heteroatoms. The molecule has 21 heavy (non-hydrogen) atoms. The summed E-state index contributed by atoms with van der Waals surface area (Å²) in [6.07, 6.45) is 1.85. The van der Waals surface area contributed by atoms with Crippen molar-refractivity contribution in [3.05, 3.63) is 68.9 Å². The molecule has 1 N–H and O–H groups in total. The first-order valence-corrected chi connectivity index (χ1v) is 8.08. The van der Waals surface area contributed by atoms with E-state index >= 15 is 0 Å². The lowest BCUT2D eigenvalue weighted by molar-refractivity contribution is 0.493. The zero-order valence-electron chi connectivity index (χ0n) is 11.9. The number of hydrogen-bond donors (Lipinski definition) is 1. The standard InChI is InChI=1S/C17H18BrClFN/c1-21-11-14(8-12-2-5-15(18)6-3-12)9-13-4-7-17(20)16(19)10-13/h2-7,10,14,21H,8-9,11H2,1H3. The quantitative estimate of drug-likeness (QED) is 0.765. The molecule has 1 unspecified atom stereocenters. The van der Waals surface area contributed by atoms with E-state index in [2.05, 4.69) is 45.5 Å². The molecule has 2 aromatic rings. The van der Waals surface area contributed by atoms with E-state index in [0.717, 1.165) is 29.4 Å². The van der Waals surface area contributed by atoms with Crippen LogP contribution in [0.15, 0.2) is 46.9 Å². The van der Waals surface area contributed by atoms with Gasteiger partial charge in [0.15, 0.2) is 0 Å². The lowest BCUT2D eigenvalue weighted by Gasteiger charge is -2.17. The van der Waals surface area contributed by atoms with Gasteiger partial charge in [0, 0.05) is 4.47 Å². The van der Waals surface area contributed by atoms with E-state index in [1.54, 1.807) is 6.07 Å². The third-order valence-corrected chi connectivity index (χ3v) is 4.26. The number of hydrogen-bond acceptors (Lipinski definition) is 1. The lowest BCUT2D eigenvalue weighted by Crippen LogP contribution is -2.22. The van der Waals surface area contributed by atoms with Crippen molar-refractivity contribution in [2.75, 3.05) is 13.6 Å². The van der Waals surface area contributed by atoms with Crippen LogP contribution in [0.4, 0.5) is 4.39 Å². The molecule has 0 bridgehead atoms. The smallest absolute Gasteiger partial charge is 0.141 e. The lowest BCUT2D eigenvalue weighted by atomic mass is 9.92. The molecule has 0 saturated heterocycles. The Bertz CT molecular complexity index is 586. The van der Waals surface area contributed by atoms with Gasteiger partial charge >= 0.3 is 0 Å². The summed E-state index contributed by atoms with van der Waals surface area (Å²) in [5.41, 5.74) is 2.37. The maximum absolute atomic E-state index is 13.2. The van der Waals surface area contributed by atoms with Gasteiger partial charge < -0.3 is 5.32 Å². The van der Waals surface area contributed by atoms with E-state index in [1.165, 1.54) is 11.6 Å². The summed E-state index contributed by atoms with van der Waals surface area (Å²) in [6.45, 7) is 0.908. The number of rotatable bonds is 6. The molecule has 0 aromatic heterocycles. The average Bonchev–Trinajstić information content (AvgIpc) is 2.46. The van der Waals surface area contributed by atoms with Gasteiger partial charge in [-0.1, -0.05) is 45.7 Å². The van der Waals surface area contributed by atoms with Crippen molar-refractivity contribution in [1.82, 2.24) is 5.32 Å². The van der Waals surface area contributed by atoms with E-state index in [0.29, 0.717) is 5.92 Å². The van der Waals surface area contributed by atoms with Crippen molar-refractivity contribution in [3.63, 3.8) is 0 Å². The SMILES string of the molecule is CNCC(Cc1ccc(Br)cc1)Cc1ccc(F)c(Cl)c1. The zero-order valence-corrected chi connectivity index (χ0v) is 14.2. The van der Waals surface area contributed by atoms with Gasteiger partial charge in [-0.3, -0.25) is 0 Å². The first-order chi connectivity index (χ1) is 10.1. The minimum atomic E-state index is -0.363. The summed E-state index contributed by atoms with van der Waals surface area (Å²) in [4.78, 5) is 0. The van der Waals surface area contributed by atoms with Gasteiger partial charge in [0.1, 0.15) is 5.82 Å². The van der Waals surface area contributed by atoms with Gasteiger partial charge in [-0.05, 0) is 67.7 Å². The molecule has 0 aliphatic carbocycles. The molecule has 0 aliphatic rings. The topological polar surface area (TPSA) is 12.0 Å². The van der Waals surface area contributed by atoms with E-state index in [1.807, 2.05) is 13.1 Å². The van der Waals surface area contributed by atoms with Crippen LogP contribution >= 0.6 is 27.5 Å². The summed E-state index contributed by atoms with van der Waals surface area (Å²) in [7, 11) is 1.95. The van der Waals surface area contributed by atoms with Crippen LogP contribution in [-0.2, 0) is 12.8 Å². The van der Waals surface area contributed by atoms with Gasteiger partial charge in [0.2, 0.25) is 0 Å². The van der Waals surface area contributed by atoms with Crippen LogP contribution in [0.5, 0.6) is 0 Å². The Morgan fingerprint density at radius 1 is 1.10 bits per heavy atom. The first-order valence-electron chi connectivity index (χ1n) is 6.91. The fourth-order valence-electron chi connectivity index (χ4n) is 2.46. The molecule has 112 valence electrons. The molecule has 1 atom stereocenters. The molecule has 0 fully saturated rings. The summed E-state index contributed by atoms with van der Waals surface area (Å²) in [6, 6.07) is 13.3. The van der Waals surface area contributed by atoms with Crippen LogP contribution in [0, 0.1) is 11.7 Å². The van der Waals surface area contributed by atoms with Crippen molar-refractivity contribution < 1.29 is 4.39 Å². The molecular weight excluding hydrogens is 353 g/mol. The Morgan fingerprint density at radius 2 is 1.71 bits per heavy atom. The average molecular weight is 371 g/mol. The minimum Gasteiger partial charge on any atom is -0.319 e. The van der Waals surface area contributed by atoms with E-state index in [4.69, 9.17) is 11.6 Å². The minimum absolute atomic E-state index is 0.194. The molecular formula is C17H18BrClFN. The highest BCUT2D eigenvalue weighted by Crippen LogP contribution is 2.21. The van der Waals surface area contributed by atoms with Crippen molar-refractivity contribution >= 4 is 27.5 Å². The number of halogens is 3. The highest BCUT2D eigenvalue weighted by atomic mass is 79.9. The van der Waals surface area contributed by atoms with E-state index in [-0.39, 0.29) is 10.8 Å². The van der Waals surface area contributed by atoms with Crippen LogP contribution in [0.1, 0.15) is 11.1 Å². The van der Waals surface area contributed by atoms with Crippen LogP contribution in [-0.4, -0.2) is 13.6 Å². The molecule has 0 spiro atoms. The fourth-order valence-corrected chi connectivity index (χ4v) is 2.93. The Morgan fingerprint density at radius 3 is 2.33 bits per heavy atom. The second kappa shape index (κ2) is 7.92. The highest BCUT2D eigenvalue weighted by Gasteiger charge is 2.11. The largest absolute Gasteiger partial charge is 0.319 e. The summed E-state index contributed by atoms with van der Waals surface area (Å²) in [5, 5.41) is 3.42. The third kappa shape index (κ3) is 5.10. The van der Waals surface area contributed by atoms with Gasteiger partial charge in [-0.2, -0.15) is 0 Å². The van der Waals surface area contributed by atoms with Crippen molar-refractivity contribution in [2.45, 2.75) is 12.8 Å². The molecule has 0 radical (unpaired) electrons. The highest BCUT2D eigenvalue weighted by molar-refractivity contribution is 9.10. The van der Waals surface area contributed by atoms with Crippen molar-refractivity contribution in [1.29, 1.82) is 0 Å². The van der Waals surface area contributed by atoms with Gasteiger partial charge in [0.25, 0.3) is 0 Å². The van der Waals surface area contributed by atoms with E-state index < -0.39 is 0 Å².